The summed E-state index contributed by atoms with van der Waals surface area (Å²) in [6.07, 6.45) is 5.10. The van der Waals surface area contributed by atoms with Gasteiger partial charge in [-0.15, -0.1) is 10.2 Å². The van der Waals surface area contributed by atoms with Crippen LogP contribution in [-0.4, -0.2) is 53.3 Å². The first-order valence-electron chi connectivity index (χ1n) is 7.73. The van der Waals surface area contributed by atoms with Crippen molar-refractivity contribution in [1.82, 2.24) is 35.0 Å². The Bertz CT molecular complexity index is 1160. The van der Waals surface area contributed by atoms with E-state index in [2.05, 4.69) is 25.5 Å². The van der Waals surface area contributed by atoms with Crippen LogP contribution in [0.1, 0.15) is 5.56 Å². The van der Waals surface area contributed by atoms with Crippen LogP contribution in [0.3, 0.4) is 0 Å². The number of nitrogens with one attached hydrogen (secondary N) is 1. The van der Waals surface area contributed by atoms with Crippen molar-refractivity contribution in [2.24, 2.45) is 17.9 Å². The number of hydrogen-bond acceptors (Lipinski definition) is 6. The zero-order valence-electron chi connectivity index (χ0n) is 14.1. The number of thiocarbonyl (C=S) groups is 1. The van der Waals surface area contributed by atoms with Gasteiger partial charge in [0.1, 0.15) is 12.0 Å². The molecule has 0 radical (unpaired) electrons. The molecule has 3 aromatic heterocycles. The quantitative estimate of drug-likeness (QED) is 0.320. The Hall–Kier alpha value is -3.40. The third kappa shape index (κ3) is 2.65. The molecule has 0 saturated carbocycles. The number of aryl methyl sites for hydroxylation is 1. The molecule has 4 rings (SSSR count). The summed E-state index contributed by atoms with van der Waals surface area (Å²) in [6, 6.07) is 5.82. The smallest absolute Gasteiger partial charge is 0.186 e. The summed E-state index contributed by atoms with van der Waals surface area (Å²) in [6.45, 7) is 0. The molecule has 3 heterocycles. The van der Waals surface area contributed by atoms with E-state index >= 15 is 0 Å². The highest BCUT2D eigenvalue weighted by atomic mass is 32.1. The van der Waals surface area contributed by atoms with E-state index in [1.807, 2.05) is 29.8 Å². The first kappa shape index (κ1) is 16.1. The Balaban J connectivity index is 1.99. The van der Waals surface area contributed by atoms with Gasteiger partial charge < -0.3 is 10.3 Å². The van der Waals surface area contributed by atoms with Crippen LogP contribution in [-0.2, 0) is 7.05 Å². The standard InChI is InChI=1S/C16H15N9S/c1-24-8-19-23-15(24)12-5-10(7-20-25(2)16(17)26)13-11(21-12)4-3-9-6-18-22-14(9)13/h3-8H,1-2H3,(H2,17,26)(H,18,22)/b20-7+. The van der Waals surface area contributed by atoms with E-state index in [0.29, 0.717) is 11.5 Å². The normalized spacial score (nSPS) is 11.6. The third-order valence-corrected chi connectivity index (χ3v) is 4.31. The van der Waals surface area contributed by atoms with E-state index in [1.165, 1.54) is 5.01 Å². The Kier molecular flexibility index (Phi) is 3.81. The lowest BCUT2D eigenvalue weighted by atomic mass is 10.1. The SMILES string of the molecule is CN(/N=C/c1cc(-c2nncn2C)nc2ccc3cn[nH]c3c12)C(N)=S. The molecular formula is C16H15N9S. The van der Waals surface area contributed by atoms with Crippen LogP contribution in [0.15, 0.2) is 35.8 Å². The van der Waals surface area contributed by atoms with Crippen molar-refractivity contribution in [3.05, 3.63) is 36.3 Å². The van der Waals surface area contributed by atoms with Gasteiger partial charge in [-0.25, -0.2) is 9.99 Å². The van der Waals surface area contributed by atoms with E-state index in [4.69, 9.17) is 22.9 Å². The van der Waals surface area contributed by atoms with Crippen LogP contribution in [0.5, 0.6) is 0 Å². The molecule has 0 atom stereocenters. The van der Waals surface area contributed by atoms with Crippen LogP contribution >= 0.6 is 12.2 Å². The molecule has 0 amide bonds. The first-order chi connectivity index (χ1) is 12.5. The van der Waals surface area contributed by atoms with Crippen LogP contribution in [0.25, 0.3) is 33.3 Å². The van der Waals surface area contributed by atoms with E-state index < -0.39 is 0 Å². The predicted octanol–water partition coefficient (Wildman–Crippen LogP) is 1.42. The van der Waals surface area contributed by atoms with Gasteiger partial charge in [0, 0.05) is 30.4 Å². The molecule has 1 aromatic carbocycles. The van der Waals surface area contributed by atoms with Crippen molar-refractivity contribution in [2.45, 2.75) is 0 Å². The van der Waals surface area contributed by atoms with Crippen LogP contribution in [0.4, 0.5) is 0 Å². The van der Waals surface area contributed by atoms with Crippen LogP contribution < -0.4 is 5.73 Å². The number of hydrogen-bond donors (Lipinski definition) is 2. The van der Waals surface area contributed by atoms with Gasteiger partial charge in [0.25, 0.3) is 0 Å². The van der Waals surface area contributed by atoms with E-state index in [0.717, 1.165) is 27.4 Å². The Morgan fingerprint density at radius 3 is 3.00 bits per heavy atom. The van der Waals surface area contributed by atoms with Crippen LogP contribution in [0, 0.1) is 0 Å². The van der Waals surface area contributed by atoms with Crippen molar-refractivity contribution >= 4 is 45.4 Å². The van der Waals surface area contributed by atoms with Gasteiger partial charge in [-0.2, -0.15) is 10.2 Å². The number of nitrogens with two attached hydrogens (primary N) is 1. The van der Waals surface area contributed by atoms with Crippen molar-refractivity contribution < 1.29 is 0 Å². The highest BCUT2D eigenvalue weighted by Crippen LogP contribution is 2.28. The van der Waals surface area contributed by atoms with Crippen molar-refractivity contribution in [2.75, 3.05) is 7.05 Å². The van der Waals surface area contributed by atoms with Crippen molar-refractivity contribution in [3.8, 4) is 11.5 Å². The maximum Gasteiger partial charge on any atom is 0.186 e. The second-order valence-corrected chi connectivity index (χ2v) is 6.18. The average molecular weight is 365 g/mol. The van der Waals surface area contributed by atoms with E-state index in [9.17, 15) is 0 Å². The molecule has 0 aliphatic heterocycles. The second-order valence-electron chi connectivity index (χ2n) is 5.76. The van der Waals surface area contributed by atoms with Crippen LogP contribution in [0.2, 0.25) is 0 Å². The number of H-pyrrole nitrogens is 1. The Labute approximate surface area is 153 Å². The number of nitrogens with zero attached hydrogens (tertiary/aromatic N) is 7. The third-order valence-electron chi connectivity index (χ3n) is 4.05. The maximum absolute atomic E-state index is 5.61. The molecule has 0 aliphatic rings. The summed E-state index contributed by atoms with van der Waals surface area (Å²) in [7, 11) is 3.56. The molecule has 0 fully saturated rings. The molecule has 0 unspecified atom stereocenters. The van der Waals surface area contributed by atoms with Crippen molar-refractivity contribution in [3.63, 3.8) is 0 Å². The molecule has 0 saturated heterocycles. The highest BCUT2D eigenvalue weighted by Gasteiger charge is 2.14. The monoisotopic (exact) mass is 365 g/mol. The lowest BCUT2D eigenvalue weighted by Crippen LogP contribution is -2.27. The maximum atomic E-state index is 5.61. The number of pyridine rings is 1. The summed E-state index contributed by atoms with van der Waals surface area (Å²) < 4.78 is 1.81. The number of hydrazone groups is 1. The summed E-state index contributed by atoms with van der Waals surface area (Å²) in [5.74, 6) is 0.661. The van der Waals surface area contributed by atoms with Gasteiger partial charge in [-0.05, 0) is 30.4 Å². The minimum Gasteiger partial charge on any atom is -0.375 e. The summed E-state index contributed by atoms with van der Waals surface area (Å²) >= 11 is 4.94. The topological polar surface area (TPSA) is 114 Å². The first-order valence-corrected chi connectivity index (χ1v) is 8.14. The minimum atomic E-state index is 0.180. The summed E-state index contributed by atoms with van der Waals surface area (Å²) in [4.78, 5) is 4.73. The minimum absolute atomic E-state index is 0.180. The molecule has 9 nitrogen and oxygen atoms in total. The molecule has 26 heavy (non-hydrogen) atoms. The number of rotatable bonds is 3. The lowest BCUT2D eigenvalue weighted by molar-refractivity contribution is 0.552. The second kappa shape index (κ2) is 6.15. The van der Waals surface area contributed by atoms with E-state index in [-0.39, 0.29) is 5.11 Å². The Morgan fingerprint density at radius 2 is 2.27 bits per heavy atom. The number of aromatic amines is 1. The van der Waals surface area contributed by atoms with E-state index in [1.54, 1.807) is 25.8 Å². The zero-order chi connectivity index (χ0) is 18.3. The highest BCUT2D eigenvalue weighted by molar-refractivity contribution is 7.80. The molecule has 130 valence electrons. The van der Waals surface area contributed by atoms with Gasteiger partial charge >= 0.3 is 0 Å². The number of fused-ring (bicyclic) bond motifs is 3. The molecule has 10 heteroatoms. The largest absolute Gasteiger partial charge is 0.375 e. The fourth-order valence-electron chi connectivity index (χ4n) is 2.71. The van der Waals surface area contributed by atoms with Crippen molar-refractivity contribution in [1.29, 1.82) is 0 Å². The average Bonchev–Trinajstić information content (AvgIpc) is 3.27. The molecule has 3 N–H and O–H groups in total. The summed E-state index contributed by atoms with van der Waals surface area (Å²) in [5.41, 5.74) is 8.82. The number of aromatic nitrogens is 6. The molecule has 0 bridgehead atoms. The molecule has 0 spiro atoms. The van der Waals surface area contributed by atoms with Gasteiger partial charge in [0.05, 0.1) is 23.4 Å². The molecule has 0 aliphatic carbocycles. The van der Waals surface area contributed by atoms with Gasteiger partial charge in [-0.3, -0.25) is 5.10 Å². The van der Waals surface area contributed by atoms with Gasteiger partial charge in [0.15, 0.2) is 10.9 Å². The Morgan fingerprint density at radius 1 is 1.42 bits per heavy atom. The summed E-state index contributed by atoms with van der Waals surface area (Å²) in [5, 5.41) is 23.1. The fourth-order valence-corrected chi connectivity index (χ4v) is 2.75. The molecule has 4 aromatic rings. The van der Waals surface area contributed by atoms with Gasteiger partial charge in [0.2, 0.25) is 0 Å². The zero-order valence-corrected chi connectivity index (χ0v) is 14.9. The predicted molar refractivity (Wildman–Crippen MR) is 104 cm³/mol. The fraction of sp³-hybridized carbons (Fsp3) is 0.125. The molecular weight excluding hydrogens is 350 g/mol. The van der Waals surface area contributed by atoms with Gasteiger partial charge in [-0.1, -0.05) is 0 Å². The number of benzene rings is 1. The lowest BCUT2D eigenvalue weighted by Gasteiger charge is -2.10.